The number of halogens is 2. The zero-order valence-electron chi connectivity index (χ0n) is 20.7. The van der Waals surface area contributed by atoms with E-state index in [0.29, 0.717) is 16.7 Å². The summed E-state index contributed by atoms with van der Waals surface area (Å²) in [5, 5.41) is 4.60. The average Bonchev–Trinajstić information content (AvgIpc) is 3.42. The third-order valence-corrected chi connectivity index (χ3v) is 9.03. The molecule has 5 rings (SSSR count). The van der Waals surface area contributed by atoms with Gasteiger partial charge in [0.05, 0.1) is 20.9 Å². The van der Waals surface area contributed by atoms with Crippen LogP contribution in [0.25, 0.3) is 10.2 Å². The van der Waals surface area contributed by atoms with Crippen LogP contribution >= 0.6 is 22.7 Å². The Morgan fingerprint density at radius 3 is 2.81 bits per heavy atom. The van der Waals surface area contributed by atoms with Crippen LogP contribution in [0.2, 0.25) is 0 Å². The quantitative estimate of drug-likeness (QED) is 0.394. The molecule has 0 radical (unpaired) electrons. The third kappa shape index (κ3) is 6.39. The molecule has 2 aliphatic rings. The average molecular weight is 535 g/mol. The van der Waals surface area contributed by atoms with Crippen molar-refractivity contribution >= 4 is 38.8 Å². The normalized spacial score (nSPS) is 20.9. The maximum Gasteiger partial charge on any atom is 0.278 e. The first-order chi connectivity index (χ1) is 17.2. The van der Waals surface area contributed by atoms with Crippen LogP contribution in [0.15, 0.2) is 18.2 Å². The molecule has 1 fully saturated rings. The Balaban J connectivity index is 1.04. The number of hydrogen-bond acceptors (Lipinski definition) is 7. The standard InChI is InChI=1S/C26H32F2N4O2S2/c1-16-29-20-8-5-18(13-23(20)35-16)24(33)30-19-6-3-17(4-7-19)9-11-32-12-10-22-21(14-32)31-25(36-22)34-15-26(2,27)28/h5,8,13,17,19H,3-4,6-7,9-12,14-15H2,1-2H3,(H,30,33). The Bertz CT molecular complexity index is 1210. The van der Waals surface area contributed by atoms with E-state index in [-0.39, 0.29) is 11.9 Å². The van der Waals surface area contributed by atoms with Crippen molar-refractivity contribution in [1.29, 1.82) is 0 Å². The second-order valence-electron chi connectivity index (χ2n) is 10.1. The second kappa shape index (κ2) is 10.7. The first-order valence-corrected chi connectivity index (χ1v) is 14.2. The molecule has 36 heavy (non-hydrogen) atoms. The van der Waals surface area contributed by atoms with E-state index in [9.17, 15) is 13.6 Å². The van der Waals surface area contributed by atoms with Gasteiger partial charge in [0.1, 0.15) is 0 Å². The molecule has 3 aromatic rings. The number of aromatic nitrogens is 2. The van der Waals surface area contributed by atoms with Gasteiger partial charge in [0.2, 0.25) is 0 Å². The molecule has 0 atom stereocenters. The number of aryl methyl sites for hydroxylation is 1. The van der Waals surface area contributed by atoms with Gasteiger partial charge in [-0.1, -0.05) is 11.3 Å². The highest BCUT2D eigenvalue weighted by Crippen LogP contribution is 2.32. The van der Waals surface area contributed by atoms with Gasteiger partial charge in [-0.3, -0.25) is 9.69 Å². The number of thiazole rings is 2. The molecule has 1 N–H and O–H groups in total. The van der Waals surface area contributed by atoms with E-state index in [1.165, 1.54) is 11.3 Å². The lowest BCUT2D eigenvalue weighted by Crippen LogP contribution is -2.38. The van der Waals surface area contributed by atoms with Gasteiger partial charge in [-0.05, 0) is 76.1 Å². The maximum absolute atomic E-state index is 13.1. The predicted octanol–water partition coefficient (Wildman–Crippen LogP) is 5.83. The fraction of sp³-hybridized carbons (Fsp3) is 0.577. The SMILES string of the molecule is Cc1nc2ccc(C(=O)NC3CCC(CCN4CCc5sc(OCC(C)(F)F)nc5C4)CC3)cc2s1. The molecule has 1 aromatic carbocycles. The molecule has 0 unspecified atom stereocenters. The summed E-state index contributed by atoms with van der Waals surface area (Å²) in [6, 6.07) is 5.97. The number of amides is 1. The van der Waals surface area contributed by atoms with Crippen molar-refractivity contribution in [2.75, 3.05) is 19.7 Å². The first kappa shape index (κ1) is 25.5. The van der Waals surface area contributed by atoms with E-state index in [2.05, 4.69) is 20.2 Å². The first-order valence-electron chi connectivity index (χ1n) is 12.6. The number of fused-ring (bicyclic) bond motifs is 2. The summed E-state index contributed by atoms with van der Waals surface area (Å²) in [5.41, 5.74) is 2.62. The zero-order valence-corrected chi connectivity index (χ0v) is 22.3. The van der Waals surface area contributed by atoms with E-state index in [0.717, 1.165) is 90.9 Å². The van der Waals surface area contributed by atoms with Crippen LogP contribution in [-0.2, 0) is 13.0 Å². The molecule has 3 heterocycles. The number of benzene rings is 1. The molecule has 194 valence electrons. The molecule has 0 spiro atoms. The number of rotatable bonds is 8. The van der Waals surface area contributed by atoms with Gasteiger partial charge >= 0.3 is 0 Å². The van der Waals surface area contributed by atoms with Crippen molar-refractivity contribution < 1.29 is 18.3 Å². The van der Waals surface area contributed by atoms with Crippen molar-refractivity contribution in [3.63, 3.8) is 0 Å². The van der Waals surface area contributed by atoms with E-state index >= 15 is 0 Å². The van der Waals surface area contributed by atoms with Crippen LogP contribution < -0.4 is 10.1 Å². The minimum absolute atomic E-state index is 0.00444. The fourth-order valence-corrected chi connectivity index (χ4v) is 6.85. The number of hydrogen-bond donors (Lipinski definition) is 1. The van der Waals surface area contributed by atoms with Crippen molar-refractivity contribution in [3.05, 3.63) is 39.3 Å². The van der Waals surface area contributed by atoms with Crippen molar-refractivity contribution in [2.24, 2.45) is 5.92 Å². The van der Waals surface area contributed by atoms with E-state index < -0.39 is 12.5 Å². The number of nitrogens with one attached hydrogen (secondary N) is 1. The van der Waals surface area contributed by atoms with Crippen LogP contribution in [-0.4, -0.2) is 52.4 Å². The Morgan fingerprint density at radius 1 is 1.22 bits per heavy atom. The van der Waals surface area contributed by atoms with Crippen LogP contribution in [0.3, 0.4) is 0 Å². The van der Waals surface area contributed by atoms with Gasteiger partial charge in [0.15, 0.2) is 6.61 Å². The number of carbonyl (C=O) groups is 1. The number of carbonyl (C=O) groups excluding carboxylic acids is 1. The van der Waals surface area contributed by atoms with Gasteiger partial charge in [0, 0.05) is 36.5 Å². The van der Waals surface area contributed by atoms with Gasteiger partial charge in [0.25, 0.3) is 17.0 Å². The summed E-state index contributed by atoms with van der Waals surface area (Å²) in [5.74, 6) is -2.18. The highest BCUT2D eigenvalue weighted by Gasteiger charge is 2.27. The lowest BCUT2D eigenvalue weighted by Gasteiger charge is -2.32. The van der Waals surface area contributed by atoms with Gasteiger partial charge < -0.3 is 10.1 Å². The van der Waals surface area contributed by atoms with Crippen molar-refractivity contribution in [2.45, 2.75) is 70.9 Å². The summed E-state index contributed by atoms with van der Waals surface area (Å²) in [6.45, 7) is 4.94. The topological polar surface area (TPSA) is 67.4 Å². The minimum Gasteiger partial charge on any atom is -0.464 e. The highest BCUT2D eigenvalue weighted by molar-refractivity contribution is 7.18. The second-order valence-corrected chi connectivity index (χ2v) is 12.4. The van der Waals surface area contributed by atoms with E-state index in [4.69, 9.17) is 4.74 Å². The van der Waals surface area contributed by atoms with Crippen molar-refractivity contribution in [1.82, 2.24) is 20.2 Å². The zero-order chi connectivity index (χ0) is 25.3. The van der Waals surface area contributed by atoms with Crippen LogP contribution in [0, 0.1) is 12.8 Å². The summed E-state index contributed by atoms with van der Waals surface area (Å²) < 4.78 is 32.4. The molecule has 1 amide bonds. The minimum atomic E-state index is -2.85. The van der Waals surface area contributed by atoms with Gasteiger partial charge in [-0.2, -0.15) is 0 Å². The van der Waals surface area contributed by atoms with Crippen LogP contribution in [0.5, 0.6) is 5.19 Å². The number of nitrogens with zero attached hydrogens (tertiary/aromatic N) is 3. The molecule has 1 aliphatic heterocycles. The number of ether oxygens (including phenoxy) is 1. The lowest BCUT2D eigenvalue weighted by molar-refractivity contribution is -0.0230. The molecule has 0 saturated heterocycles. The largest absolute Gasteiger partial charge is 0.464 e. The lowest BCUT2D eigenvalue weighted by atomic mass is 9.84. The predicted molar refractivity (Wildman–Crippen MR) is 139 cm³/mol. The molecule has 0 bridgehead atoms. The van der Waals surface area contributed by atoms with Gasteiger partial charge in [-0.15, -0.1) is 11.3 Å². The maximum atomic E-state index is 13.1. The van der Waals surface area contributed by atoms with Gasteiger partial charge in [-0.25, -0.2) is 18.7 Å². The van der Waals surface area contributed by atoms with Crippen LogP contribution in [0.4, 0.5) is 8.78 Å². The molecular weight excluding hydrogens is 502 g/mol. The summed E-state index contributed by atoms with van der Waals surface area (Å²) in [6.07, 6.45) is 6.29. The third-order valence-electron chi connectivity index (χ3n) is 7.03. The smallest absolute Gasteiger partial charge is 0.278 e. The summed E-state index contributed by atoms with van der Waals surface area (Å²) >= 11 is 3.01. The summed E-state index contributed by atoms with van der Waals surface area (Å²) in [7, 11) is 0. The Morgan fingerprint density at radius 2 is 2.03 bits per heavy atom. The molecular formula is C26H32F2N4O2S2. The van der Waals surface area contributed by atoms with Crippen LogP contribution in [0.1, 0.15) is 65.0 Å². The van der Waals surface area contributed by atoms with E-state index in [1.54, 1.807) is 11.3 Å². The Kier molecular flexibility index (Phi) is 7.55. The number of alkyl halides is 2. The Labute approximate surface area is 218 Å². The molecule has 6 nitrogen and oxygen atoms in total. The van der Waals surface area contributed by atoms with E-state index in [1.807, 2.05) is 25.1 Å². The monoisotopic (exact) mass is 534 g/mol. The highest BCUT2D eigenvalue weighted by atomic mass is 32.1. The molecule has 10 heteroatoms. The molecule has 1 saturated carbocycles. The molecule has 2 aromatic heterocycles. The van der Waals surface area contributed by atoms with Crippen molar-refractivity contribution in [3.8, 4) is 5.19 Å². The fourth-order valence-electron chi connectivity index (χ4n) is 5.08. The molecule has 1 aliphatic carbocycles. The summed E-state index contributed by atoms with van der Waals surface area (Å²) in [4.78, 5) is 25.3. The Hall–Kier alpha value is -2.17.